The summed E-state index contributed by atoms with van der Waals surface area (Å²) < 4.78 is 7.33. The van der Waals surface area contributed by atoms with Gasteiger partial charge in [0.05, 0.1) is 24.2 Å². The number of urea groups is 1. The van der Waals surface area contributed by atoms with Crippen molar-refractivity contribution in [1.82, 2.24) is 19.4 Å². The Labute approximate surface area is 197 Å². The van der Waals surface area contributed by atoms with Crippen molar-refractivity contribution in [3.05, 3.63) is 82.5 Å². The van der Waals surface area contributed by atoms with E-state index in [1.165, 1.54) is 0 Å². The van der Waals surface area contributed by atoms with Crippen LogP contribution in [-0.4, -0.2) is 39.1 Å². The van der Waals surface area contributed by atoms with E-state index in [1.807, 2.05) is 60.0 Å². The van der Waals surface area contributed by atoms with Crippen LogP contribution < -0.4 is 16.2 Å². The van der Waals surface area contributed by atoms with Crippen LogP contribution in [-0.2, 0) is 0 Å². The van der Waals surface area contributed by atoms with Gasteiger partial charge in [-0.15, -0.1) is 0 Å². The highest BCUT2D eigenvalue weighted by Gasteiger charge is 2.34. The van der Waals surface area contributed by atoms with Crippen molar-refractivity contribution in [2.75, 3.05) is 13.7 Å². The average molecular weight is 458 g/mol. The number of pyridine rings is 1. The number of ether oxygens (including phenoxy) is 1. The number of imidazole rings is 1. The topological polar surface area (TPSA) is 106 Å². The third-order valence-corrected chi connectivity index (χ3v) is 6.77. The zero-order chi connectivity index (χ0) is 23.8. The fraction of sp³-hybridized carbons (Fsp3) is 0.269. The molecule has 4 aromatic rings. The number of aromatic amines is 1. The van der Waals surface area contributed by atoms with Crippen molar-refractivity contribution in [2.24, 2.45) is 5.73 Å². The van der Waals surface area contributed by atoms with Gasteiger partial charge in [0.2, 0.25) is 0 Å². The van der Waals surface area contributed by atoms with Gasteiger partial charge >= 0.3 is 11.7 Å². The van der Waals surface area contributed by atoms with Gasteiger partial charge in [-0.3, -0.25) is 9.55 Å². The zero-order valence-electron chi connectivity index (χ0n) is 19.2. The van der Waals surface area contributed by atoms with Gasteiger partial charge in [-0.2, -0.15) is 0 Å². The van der Waals surface area contributed by atoms with Crippen LogP contribution in [0.3, 0.4) is 0 Å². The van der Waals surface area contributed by atoms with Crippen LogP contribution in [0.2, 0.25) is 0 Å². The van der Waals surface area contributed by atoms with Gasteiger partial charge in [-0.1, -0.05) is 30.3 Å². The number of carbonyl (C=O) groups excluding carboxylic acids is 1. The lowest BCUT2D eigenvalue weighted by atomic mass is 9.91. The van der Waals surface area contributed by atoms with E-state index >= 15 is 0 Å². The van der Waals surface area contributed by atoms with Crippen molar-refractivity contribution in [3.63, 3.8) is 0 Å². The smallest absolute Gasteiger partial charge is 0.326 e. The van der Waals surface area contributed by atoms with Crippen molar-refractivity contribution < 1.29 is 9.53 Å². The fourth-order valence-corrected chi connectivity index (χ4v) is 5.08. The molecule has 2 amide bonds. The zero-order valence-corrected chi connectivity index (χ0v) is 19.2. The number of benzene rings is 2. The molecule has 2 unspecified atom stereocenters. The first-order valence-corrected chi connectivity index (χ1v) is 11.3. The Morgan fingerprint density at radius 2 is 2.06 bits per heavy atom. The number of piperidine rings is 1. The molecule has 1 aliphatic heterocycles. The summed E-state index contributed by atoms with van der Waals surface area (Å²) in [5.41, 5.74) is 11.0. The molecule has 0 spiro atoms. The molecule has 0 bridgehead atoms. The molecular weight excluding hydrogens is 430 g/mol. The highest BCUT2D eigenvalue weighted by Crippen LogP contribution is 2.39. The van der Waals surface area contributed by atoms with Crippen molar-refractivity contribution in [3.8, 4) is 16.9 Å². The molecule has 1 saturated heterocycles. The van der Waals surface area contributed by atoms with Gasteiger partial charge < -0.3 is 20.4 Å². The Balaban J connectivity index is 1.57. The Hall–Kier alpha value is -4.07. The van der Waals surface area contributed by atoms with E-state index in [4.69, 9.17) is 10.5 Å². The van der Waals surface area contributed by atoms with E-state index < -0.39 is 6.03 Å². The Morgan fingerprint density at radius 3 is 2.79 bits per heavy atom. The summed E-state index contributed by atoms with van der Waals surface area (Å²) in [6.07, 6.45) is 4.71. The molecule has 8 heteroatoms. The van der Waals surface area contributed by atoms with E-state index in [-0.39, 0.29) is 17.8 Å². The average Bonchev–Trinajstić information content (AvgIpc) is 3.20. The number of rotatable bonds is 4. The molecule has 174 valence electrons. The lowest BCUT2D eigenvalue weighted by Gasteiger charge is -2.39. The number of carbonyl (C=O) groups is 1. The number of hydrogen-bond acceptors (Lipinski definition) is 4. The van der Waals surface area contributed by atoms with Crippen molar-refractivity contribution >= 4 is 17.1 Å². The number of aryl methyl sites for hydroxylation is 1. The minimum atomic E-state index is -0.465. The molecule has 0 radical (unpaired) electrons. The molecule has 2 aromatic heterocycles. The number of aromatic nitrogens is 3. The summed E-state index contributed by atoms with van der Waals surface area (Å²) in [5, 5.41) is 0. The second-order valence-electron chi connectivity index (χ2n) is 8.70. The van der Waals surface area contributed by atoms with Gasteiger partial charge in [-0.05, 0) is 49.1 Å². The normalized spacial score (nSPS) is 18.2. The molecule has 2 aromatic carbocycles. The summed E-state index contributed by atoms with van der Waals surface area (Å²) >= 11 is 0. The minimum absolute atomic E-state index is 0.0988. The molecule has 3 N–H and O–H groups in total. The Morgan fingerprint density at radius 1 is 1.21 bits per heavy atom. The first-order chi connectivity index (χ1) is 16.5. The standard InChI is InChI=1S/C26H27N5O3/c1-16-8-9-17(13-23(16)34-2)22-14-19(10-12-30(22)25(27)32)31-21-7-3-6-20(24(21)29-26(31)33)18-5-4-11-28-15-18/h3-9,11,13,15,19,22H,10,12,14H2,1-2H3,(H2,27,32)(H,29,33). The molecular formula is C26H27N5O3. The van der Waals surface area contributed by atoms with E-state index in [2.05, 4.69) is 9.97 Å². The monoisotopic (exact) mass is 457 g/mol. The molecule has 34 heavy (non-hydrogen) atoms. The fourth-order valence-electron chi connectivity index (χ4n) is 5.08. The summed E-state index contributed by atoms with van der Waals surface area (Å²) in [7, 11) is 1.63. The Kier molecular flexibility index (Phi) is 5.57. The van der Waals surface area contributed by atoms with Crippen molar-refractivity contribution in [2.45, 2.75) is 31.8 Å². The molecule has 8 nitrogen and oxygen atoms in total. The maximum atomic E-state index is 13.2. The number of nitrogens with one attached hydrogen (secondary N) is 1. The van der Waals surface area contributed by atoms with E-state index in [0.29, 0.717) is 19.4 Å². The van der Waals surface area contributed by atoms with Crippen molar-refractivity contribution in [1.29, 1.82) is 0 Å². The highest BCUT2D eigenvalue weighted by molar-refractivity contribution is 5.92. The first-order valence-electron chi connectivity index (χ1n) is 11.3. The number of fused-ring (bicyclic) bond motifs is 1. The van der Waals surface area contributed by atoms with Crippen LogP contribution in [0.5, 0.6) is 5.75 Å². The SMILES string of the molecule is COc1cc(C2CC(n3c(=O)[nH]c4c(-c5cccnc5)cccc43)CCN2C(N)=O)ccc1C. The summed E-state index contributed by atoms with van der Waals surface area (Å²) in [6.45, 7) is 2.44. The second-order valence-corrected chi connectivity index (χ2v) is 8.70. The number of likely N-dealkylation sites (tertiary alicyclic amines) is 1. The minimum Gasteiger partial charge on any atom is -0.496 e. The van der Waals surface area contributed by atoms with E-state index in [9.17, 15) is 9.59 Å². The number of primary amides is 1. The van der Waals surface area contributed by atoms with Crippen LogP contribution in [0.25, 0.3) is 22.2 Å². The summed E-state index contributed by atoms with van der Waals surface area (Å²) in [6, 6.07) is 14.9. The number of amides is 2. The second kappa shape index (κ2) is 8.70. The quantitative estimate of drug-likeness (QED) is 0.480. The summed E-state index contributed by atoms with van der Waals surface area (Å²) in [4.78, 5) is 34.4. The highest BCUT2D eigenvalue weighted by atomic mass is 16.5. The van der Waals surface area contributed by atoms with Crippen LogP contribution in [0.4, 0.5) is 4.79 Å². The summed E-state index contributed by atoms with van der Waals surface area (Å²) in [5.74, 6) is 0.759. The number of hydrogen-bond donors (Lipinski definition) is 2. The Bertz CT molecular complexity index is 1410. The van der Waals surface area contributed by atoms with Gasteiger partial charge in [0, 0.05) is 36.1 Å². The van der Waals surface area contributed by atoms with Crippen LogP contribution in [0.1, 0.15) is 36.1 Å². The molecule has 2 atom stereocenters. The van der Waals surface area contributed by atoms with Crippen LogP contribution in [0.15, 0.2) is 65.7 Å². The lowest BCUT2D eigenvalue weighted by Crippen LogP contribution is -2.45. The van der Waals surface area contributed by atoms with Gasteiger partial charge in [0.25, 0.3) is 0 Å². The third-order valence-electron chi connectivity index (χ3n) is 6.77. The van der Waals surface area contributed by atoms with Gasteiger partial charge in [0.1, 0.15) is 5.75 Å². The molecule has 0 saturated carbocycles. The predicted molar refractivity (Wildman–Crippen MR) is 131 cm³/mol. The van der Waals surface area contributed by atoms with Gasteiger partial charge in [-0.25, -0.2) is 9.59 Å². The predicted octanol–water partition coefficient (Wildman–Crippen LogP) is 4.17. The number of para-hydroxylation sites is 1. The van der Waals surface area contributed by atoms with Crippen LogP contribution in [0, 0.1) is 6.92 Å². The molecule has 5 rings (SSSR count). The number of nitrogens with two attached hydrogens (primary N) is 1. The van der Waals surface area contributed by atoms with E-state index in [0.717, 1.165) is 39.0 Å². The molecule has 1 aliphatic rings. The largest absolute Gasteiger partial charge is 0.496 e. The number of H-pyrrole nitrogens is 1. The maximum Gasteiger partial charge on any atom is 0.326 e. The molecule has 0 aliphatic carbocycles. The third kappa shape index (κ3) is 3.71. The molecule has 3 heterocycles. The maximum absolute atomic E-state index is 13.2. The van der Waals surface area contributed by atoms with E-state index in [1.54, 1.807) is 24.4 Å². The number of nitrogens with zero attached hydrogens (tertiary/aromatic N) is 3. The van der Waals surface area contributed by atoms with Gasteiger partial charge in [0.15, 0.2) is 0 Å². The van der Waals surface area contributed by atoms with Crippen LogP contribution >= 0.6 is 0 Å². The molecule has 1 fully saturated rings. The number of methoxy groups -OCH3 is 1. The first kappa shape index (κ1) is 21.8. The lowest BCUT2D eigenvalue weighted by molar-refractivity contribution is 0.136.